The van der Waals surface area contributed by atoms with Crippen LogP contribution < -0.4 is 4.90 Å². The van der Waals surface area contributed by atoms with Gasteiger partial charge in [-0.1, -0.05) is 18.2 Å². The first-order valence-corrected chi connectivity index (χ1v) is 11.8. The van der Waals surface area contributed by atoms with Gasteiger partial charge in [-0.05, 0) is 43.2 Å². The molecule has 9 heteroatoms. The van der Waals surface area contributed by atoms with Crippen molar-refractivity contribution in [1.29, 1.82) is 0 Å². The fraction of sp³-hybridized carbons (Fsp3) is 0.286. The molecule has 1 saturated heterocycles. The molecule has 0 atom stereocenters. The number of rotatable bonds is 4. The highest BCUT2D eigenvalue weighted by atomic mass is 32.2. The Kier molecular flexibility index (Phi) is 5.61. The van der Waals surface area contributed by atoms with E-state index in [1.165, 1.54) is 22.5 Å². The molecule has 0 spiro atoms. The lowest BCUT2D eigenvalue weighted by Gasteiger charge is -2.33. The Labute approximate surface area is 178 Å². The lowest BCUT2D eigenvalue weighted by molar-refractivity contribution is 0.378. The van der Waals surface area contributed by atoms with Crippen molar-refractivity contribution in [2.45, 2.75) is 18.7 Å². The van der Waals surface area contributed by atoms with Crippen molar-refractivity contribution >= 4 is 26.5 Å². The van der Waals surface area contributed by atoms with Crippen LogP contribution in [0.3, 0.4) is 0 Å². The number of aromatic nitrogens is 1. The summed E-state index contributed by atoms with van der Waals surface area (Å²) in [5.41, 5.74) is 4.33. The van der Waals surface area contributed by atoms with Crippen LogP contribution in [-0.4, -0.2) is 43.9 Å². The summed E-state index contributed by atoms with van der Waals surface area (Å²) in [4.78, 5) is 5.82. The normalized spacial score (nSPS) is 15.5. The molecular weight excluding hydrogens is 428 g/mol. The smallest absolute Gasteiger partial charge is 0.249 e. The number of hydrogen-bond donors (Lipinski definition) is 0. The Balaban J connectivity index is 1.49. The van der Waals surface area contributed by atoms with Gasteiger partial charge in [-0.15, -0.1) is 11.3 Å². The SMILES string of the molecule is Cc1ccc(-c2csc(N3CCN(S(=O)(=O)c4c(F)cccc4F)CC3)n2)cc1C. The molecule has 3 aromatic rings. The molecule has 158 valence electrons. The van der Waals surface area contributed by atoms with Gasteiger partial charge in [0.15, 0.2) is 10.0 Å². The van der Waals surface area contributed by atoms with E-state index in [4.69, 9.17) is 4.98 Å². The molecule has 1 aliphatic heterocycles. The number of anilines is 1. The Morgan fingerprint density at radius 1 is 0.967 bits per heavy atom. The van der Waals surface area contributed by atoms with E-state index in [1.54, 1.807) is 0 Å². The minimum Gasteiger partial charge on any atom is -0.345 e. The van der Waals surface area contributed by atoms with E-state index in [2.05, 4.69) is 26.0 Å². The summed E-state index contributed by atoms with van der Waals surface area (Å²) in [6.45, 7) is 5.18. The van der Waals surface area contributed by atoms with E-state index in [9.17, 15) is 17.2 Å². The van der Waals surface area contributed by atoms with E-state index in [1.807, 2.05) is 16.3 Å². The summed E-state index contributed by atoms with van der Waals surface area (Å²) in [5.74, 6) is -2.15. The van der Waals surface area contributed by atoms with Gasteiger partial charge >= 0.3 is 0 Å². The number of hydrogen-bond acceptors (Lipinski definition) is 5. The summed E-state index contributed by atoms with van der Waals surface area (Å²) < 4.78 is 54.6. The van der Waals surface area contributed by atoms with Gasteiger partial charge in [0.2, 0.25) is 10.0 Å². The number of benzene rings is 2. The van der Waals surface area contributed by atoms with Crippen LogP contribution in [-0.2, 0) is 10.0 Å². The van der Waals surface area contributed by atoms with Crippen LogP contribution in [0.2, 0.25) is 0 Å². The van der Waals surface area contributed by atoms with Gasteiger partial charge in [0, 0.05) is 37.1 Å². The van der Waals surface area contributed by atoms with Gasteiger partial charge < -0.3 is 4.90 Å². The minimum atomic E-state index is -4.24. The second-order valence-corrected chi connectivity index (χ2v) is 9.97. The van der Waals surface area contributed by atoms with Crippen LogP contribution in [0.25, 0.3) is 11.3 Å². The first-order chi connectivity index (χ1) is 14.3. The van der Waals surface area contributed by atoms with Crippen LogP contribution in [0.1, 0.15) is 11.1 Å². The Hall–Kier alpha value is -2.36. The number of piperazine rings is 1. The monoisotopic (exact) mass is 449 g/mol. The number of sulfonamides is 1. The van der Waals surface area contributed by atoms with Crippen molar-refractivity contribution in [3.05, 3.63) is 64.5 Å². The summed E-state index contributed by atoms with van der Waals surface area (Å²) in [5, 5.41) is 2.79. The molecule has 30 heavy (non-hydrogen) atoms. The molecular formula is C21H21F2N3O2S2. The number of nitrogens with zero attached hydrogens (tertiary/aromatic N) is 3. The number of halogens is 2. The zero-order valence-electron chi connectivity index (χ0n) is 16.6. The van der Waals surface area contributed by atoms with E-state index < -0.39 is 26.6 Å². The van der Waals surface area contributed by atoms with Crippen LogP contribution in [0.15, 0.2) is 46.7 Å². The van der Waals surface area contributed by atoms with E-state index in [0.717, 1.165) is 38.9 Å². The highest BCUT2D eigenvalue weighted by Crippen LogP contribution is 2.30. The topological polar surface area (TPSA) is 53.5 Å². The second-order valence-electron chi connectivity index (χ2n) is 7.26. The average Bonchev–Trinajstić information content (AvgIpc) is 3.20. The van der Waals surface area contributed by atoms with Crippen LogP contribution >= 0.6 is 11.3 Å². The van der Waals surface area contributed by atoms with E-state index in [0.29, 0.717) is 13.1 Å². The summed E-state index contributed by atoms with van der Waals surface area (Å²) >= 11 is 1.50. The quantitative estimate of drug-likeness (QED) is 0.599. The molecule has 4 rings (SSSR count). The van der Waals surface area contributed by atoms with Crippen molar-refractivity contribution in [3.63, 3.8) is 0 Å². The predicted molar refractivity (Wildman–Crippen MR) is 114 cm³/mol. The molecule has 0 saturated carbocycles. The van der Waals surface area contributed by atoms with E-state index in [-0.39, 0.29) is 13.1 Å². The van der Waals surface area contributed by atoms with Crippen LogP contribution in [0.4, 0.5) is 13.9 Å². The third-order valence-electron chi connectivity index (χ3n) is 5.32. The van der Waals surface area contributed by atoms with Gasteiger partial charge in [0.05, 0.1) is 5.69 Å². The van der Waals surface area contributed by atoms with E-state index >= 15 is 0 Å². The molecule has 5 nitrogen and oxygen atoms in total. The largest absolute Gasteiger partial charge is 0.345 e. The van der Waals surface area contributed by atoms with Crippen LogP contribution in [0.5, 0.6) is 0 Å². The van der Waals surface area contributed by atoms with Gasteiger partial charge in [0.25, 0.3) is 0 Å². The lowest BCUT2D eigenvalue weighted by Crippen LogP contribution is -2.49. The minimum absolute atomic E-state index is 0.134. The maximum atomic E-state index is 14.0. The molecule has 1 aromatic heterocycles. The first kappa shape index (κ1) is 20.9. The summed E-state index contributed by atoms with van der Waals surface area (Å²) in [6.07, 6.45) is 0. The maximum absolute atomic E-state index is 14.0. The molecule has 0 radical (unpaired) electrons. The summed E-state index contributed by atoms with van der Waals surface area (Å²) in [6, 6.07) is 9.26. The molecule has 0 amide bonds. The fourth-order valence-electron chi connectivity index (χ4n) is 3.42. The van der Waals surface area contributed by atoms with Gasteiger partial charge in [-0.25, -0.2) is 22.2 Å². The number of thiazole rings is 1. The third kappa shape index (κ3) is 3.84. The molecule has 0 bridgehead atoms. The van der Waals surface area contributed by atoms with Crippen molar-refractivity contribution in [1.82, 2.24) is 9.29 Å². The van der Waals surface area contributed by atoms with Crippen molar-refractivity contribution < 1.29 is 17.2 Å². The highest BCUT2D eigenvalue weighted by Gasteiger charge is 2.33. The molecule has 2 heterocycles. The Morgan fingerprint density at radius 3 is 2.27 bits per heavy atom. The van der Waals surface area contributed by atoms with Crippen molar-refractivity contribution in [2.24, 2.45) is 0 Å². The number of aryl methyl sites for hydroxylation is 2. The molecule has 1 fully saturated rings. The molecule has 1 aliphatic rings. The molecule has 0 unspecified atom stereocenters. The van der Waals surface area contributed by atoms with Gasteiger partial charge in [-0.3, -0.25) is 0 Å². The fourth-order valence-corrected chi connectivity index (χ4v) is 5.84. The van der Waals surface area contributed by atoms with Crippen molar-refractivity contribution in [3.8, 4) is 11.3 Å². The molecule has 0 N–H and O–H groups in total. The highest BCUT2D eigenvalue weighted by molar-refractivity contribution is 7.89. The van der Waals surface area contributed by atoms with Crippen molar-refractivity contribution in [2.75, 3.05) is 31.1 Å². The first-order valence-electron chi connectivity index (χ1n) is 9.49. The molecule has 2 aromatic carbocycles. The average molecular weight is 450 g/mol. The summed E-state index contributed by atoms with van der Waals surface area (Å²) in [7, 11) is -4.24. The van der Waals surface area contributed by atoms with Crippen LogP contribution in [0, 0.1) is 25.5 Å². The second kappa shape index (κ2) is 8.05. The van der Waals surface area contributed by atoms with Gasteiger partial charge in [0.1, 0.15) is 11.6 Å². The molecule has 0 aliphatic carbocycles. The Bertz CT molecular complexity index is 1170. The Morgan fingerprint density at radius 2 is 1.63 bits per heavy atom. The zero-order chi connectivity index (χ0) is 21.5. The third-order valence-corrected chi connectivity index (χ3v) is 8.17. The lowest BCUT2D eigenvalue weighted by atomic mass is 10.1. The standard InChI is InChI=1S/C21H21F2N3O2S2/c1-14-6-7-16(12-15(14)2)19-13-29-21(24-19)25-8-10-26(11-9-25)30(27,28)20-17(22)4-3-5-18(20)23/h3-7,12-13H,8-11H2,1-2H3. The maximum Gasteiger partial charge on any atom is 0.249 e. The predicted octanol–water partition coefficient (Wildman–Crippen LogP) is 4.22. The van der Waals surface area contributed by atoms with Gasteiger partial charge in [-0.2, -0.15) is 4.31 Å². The zero-order valence-corrected chi connectivity index (χ0v) is 18.2.